The van der Waals surface area contributed by atoms with E-state index in [-0.39, 0.29) is 11.5 Å². The average Bonchev–Trinajstić information content (AvgIpc) is 2.71. The molecule has 0 N–H and O–H groups in total. The highest BCUT2D eigenvalue weighted by molar-refractivity contribution is 7.98. The summed E-state index contributed by atoms with van der Waals surface area (Å²) in [5.74, 6) is 0.200. The molecule has 3 aromatic rings. The third kappa shape index (κ3) is 4.37. The minimum Gasteiger partial charge on any atom is -0.465 e. The fraction of sp³-hybridized carbons (Fsp3) is 0.250. The van der Waals surface area contributed by atoms with E-state index in [1.165, 1.54) is 18.9 Å². The number of carbonyl (C=O) groups excluding carboxylic acids is 1. The molecule has 0 aliphatic heterocycles. The van der Waals surface area contributed by atoms with E-state index in [1.54, 1.807) is 29.9 Å². The Bertz CT molecular complexity index is 1020. The van der Waals surface area contributed by atoms with Gasteiger partial charge in [-0.2, -0.15) is 0 Å². The van der Waals surface area contributed by atoms with Gasteiger partial charge in [0.25, 0.3) is 5.56 Å². The number of para-hydroxylation sites is 1. The molecule has 0 aliphatic carbocycles. The van der Waals surface area contributed by atoms with Gasteiger partial charge in [-0.1, -0.05) is 36.0 Å². The Balaban J connectivity index is 1.92. The van der Waals surface area contributed by atoms with Gasteiger partial charge in [-0.25, -0.2) is 9.78 Å². The Kier molecular flexibility index (Phi) is 6.26. The summed E-state index contributed by atoms with van der Waals surface area (Å²) < 4.78 is 11.5. The number of methoxy groups -OCH3 is 2. The van der Waals surface area contributed by atoms with Gasteiger partial charge < -0.3 is 9.47 Å². The lowest BCUT2D eigenvalue weighted by atomic mass is 10.1. The molecule has 0 spiro atoms. The first-order valence-electron chi connectivity index (χ1n) is 8.42. The van der Waals surface area contributed by atoms with E-state index < -0.39 is 0 Å². The van der Waals surface area contributed by atoms with Gasteiger partial charge in [-0.3, -0.25) is 9.36 Å². The molecule has 0 saturated heterocycles. The monoisotopic (exact) mass is 384 g/mol. The van der Waals surface area contributed by atoms with E-state index in [0.29, 0.717) is 40.5 Å². The summed E-state index contributed by atoms with van der Waals surface area (Å²) in [7, 11) is 2.96. The Morgan fingerprint density at radius 2 is 1.96 bits per heavy atom. The number of hydrogen-bond acceptors (Lipinski definition) is 6. The second kappa shape index (κ2) is 8.83. The average molecular weight is 384 g/mol. The van der Waals surface area contributed by atoms with Gasteiger partial charge in [0.05, 0.1) is 36.7 Å². The van der Waals surface area contributed by atoms with Crippen LogP contribution in [0.2, 0.25) is 0 Å². The van der Waals surface area contributed by atoms with Crippen molar-refractivity contribution < 1.29 is 14.3 Å². The standard InChI is InChI=1S/C20H20N2O4S/c1-25-11-10-22-18(23)16-8-3-4-9-17(16)21-20(22)27-13-14-6-5-7-15(12-14)19(24)26-2/h3-9,12H,10-11,13H2,1-2H3. The van der Waals surface area contributed by atoms with E-state index in [2.05, 4.69) is 4.98 Å². The van der Waals surface area contributed by atoms with Crippen LogP contribution in [0.4, 0.5) is 0 Å². The zero-order chi connectivity index (χ0) is 19.2. The number of rotatable bonds is 7. The second-order valence-corrected chi connectivity index (χ2v) is 6.78. The number of aromatic nitrogens is 2. The molecule has 1 aromatic heterocycles. The summed E-state index contributed by atoms with van der Waals surface area (Å²) in [6.45, 7) is 0.850. The van der Waals surface area contributed by atoms with Crippen molar-refractivity contribution in [2.75, 3.05) is 20.8 Å². The first-order chi connectivity index (χ1) is 13.1. The van der Waals surface area contributed by atoms with Crippen molar-refractivity contribution in [1.29, 1.82) is 0 Å². The van der Waals surface area contributed by atoms with Crippen molar-refractivity contribution in [3.63, 3.8) is 0 Å². The fourth-order valence-corrected chi connectivity index (χ4v) is 3.66. The number of hydrogen-bond donors (Lipinski definition) is 0. The molecule has 0 amide bonds. The lowest BCUT2D eigenvalue weighted by molar-refractivity contribution is 0.0600. The lowest BCUT2D eigenvalue weighted by Crippen LogP contribution is -2.25. The molecule has 0 aliphatic rings. The van der Waals surface area contributed by atoms with Crippen LogP contribution in [0.1, 0.15) is 15.9 Å². The highest BCUT2D eigenvalue weighted by atomic mass is 32.2. The third-order valence-corrected chi connectivity index (χ3v) is 5.11. The van der Waals surface area contributed by atoms with Gasteiger partial charge >= 0.3 is 5.97 Å². The molecule has 0 atom stereocenters. The van der Waals surface area contributed by atoms with Crippen LogP contribution in [0.3, 0.4) is 0 Å². The molecule has 27 heavy (non-hydrogen) atoms. The topological polar surface area (TPSA) is 70.4 Å². The Hall–Kier alpha value is -2.64. The molecule has 7 heteroatoms. The van der Waals surface area contributed by atoms with Crippen LogP contribution in [-0.2, 0) is 21.8 Å². The number of benzene rings is 2. The zero-order valence-corrected chi connectivity index (χ0v) is 16.0. The largest absolute Gasteiger partial charge is 0.465 e. The number of ether oxygens (including phenoxy) is 2. The summed E-state index contributed by atoms with van der Waals surface area (Å²) in [5.41, 5.74) is 2.04. The van der Waals surface area contributed by atoms with Crippen molar-refractivity contribution in [3.8, 4) is 0 Å². The molecular formula is C20H20N2O4S. The zero-order valence-electron chi connectivity index (χ0n) is 15.2. The molecule has 140 valence electrons. The van der Waals surface area contributed by atoms with Crippen molar-refractivity contribution in [2.24, 2.45) is 0 Å². The minimum absolute atomic E-state index is 0.0801. The minimum atomic E-state index is -0.373. The molecule has 0 bridgehead atoms. The van der Waals surface area contributed by atoms with Crippen LogP contribution in [-0.4, -0.2) is 36.3 Å². The maximum atomic E-state index is 12.8. The van der Waals surface area contributed by atoms with Gasteiger partial charge in [0.1, 0.15) is 0 Å². The summed E-state index contributed by atoms with van der Waals surface area (Å²) in [5, 5.41) is 1.21. The number of thioether (sulfide) groups is 1. The number of fused-ring (bicyclic) bond motifs is 1. The highest BCUT2D eigenvalue weighted by Gasteiger charge is 2.12. The Morgan fingerprint density at radius 1 is 1.15 bits per heavy atom. The molecular weight excluding hydrogens is 364 g/mol. The normalized spacial score (nSPS) is 10.9. The molecule has 0 saturated carbocycles. The molecule has 6 nitrogen and oxygen atoms in total. The molecule has 1 heterocycles. The van der Waals surface area contributed by atoms with Gasteiger partial charge in [0.15, 0.2) is 5.16 Å². The van der Waals surface area contributed by atoms with E-state index in [9.17, 15) is 9.59 Å². The number of carbonyl (C=O) groups is 1. The first-order valence-corrected chi connectivity index (χ1v) is 9.41. The molecule has 0 fully saturated rings. The quantitative estimate of drug-likeness (QED) is 0.354. The molecule has 3 rings (SSSR count). The van der Waals surface area contributed by atoms with Crippen molar-refractivity contribution in [2.45, 2.75) is 17.5 Å². The van der Waals surface area contributed by atoms with Crippen molar-refractivity contribution >= 4 is 28.6 Å². The van der Waals surface area contributed by atoms with Crippen LogP contribution < -0.4 is 5.56 Å². The van der Waals surface area contributed by atoms with Gasteiger partial charge in [0.2, 0.25) is 0 Å². The predicted octanol–water partition coefficient (Wildman–Crippen LogP) is 3.12. The van der Waals surface area contributed by atoms with Gasteiger partial charge in [0, 0.05) is 12.9 Å². The predicted molar refractivity (Wildman–Crippen MR) is 105 cm³/mol. The summed E-state index contributed by atoms with van der Waals surface area (Å²) in [6.07, 6.45) is 0. The van der Waals surface area contributed by atoms with E-state index in [4.69, 9.17) is 9.47 Å². The Morgan fingerprint density at radius 3 is 2.74 bits per heavy atom. The molecule has 2 aromatic carbocycles. The van der Waals surface area contributed by atoms with Crippen molar-refractivity contribution in [3.05, 3.63) is 70.0 Å². The summed E-state index contributed by atoms with van der Waals surface area (Å²) >= 11 is 1.45. The second-order valence-electron chi connectivity index (χ2n) is 5.84. The molecule has 0 unspecified atom stereocenters. The maximum absolute atomic E-state index is 12.8. The van der Waals surface area contributed by atoms with Crippen LogP contribution in [0.25, 0.3) is 10.9 Å². The van der Waals surface area contributed by atoms with Gasteiger partial charge in [-0.15, -0.1) is 0 Å². The first kappa shape index (κ1) is 19.1. The summed E-state index contributed by atoms with van der Waals surface area (Å²) in [4.78, 5) is 29.2. The maximum Gasteiger partial charge on any atom is 0.337 e. The lowest BCUT2D eigenvalue weighted by Gasteiger charge is -2.13. The third-order valence-electron chi connectivity index (χ3n) is 4.06. The molecule has 0 radical (unpaired) electrons. The number of esters is 1. The highest BCUT2D eigenvalue weighted by Crippen LogP contribution is 2.23. The van der Waals surface area contributed by atoms with Crippen LogP contribution in [0.15, 0.2) is 58.5 Å². The van der Waals surface area contributed by atoms with E-state index in [1.807, 2.05) is 30.3 Å². The van der Waals surface area contributed by atoms with Gasteiger partial charge in [-0.05, 0) is 29.8 Å². The van der Waals surface area contributed by atoms with Crippen LogP contribution in [0.5, 0.6) is 0 Å². The van der Waals surface area contributed by atoms with Crippen LogP contribution >= 0.6 is 11.8 Å². The number of nitrogens with zero attached hydrogens (tertiary/aromatic N) is 2. The smallest absolute Gasteiger partial charge is 0.337 e. The van der Waals surface area contributed by atoms with E-state index >= 15 is 0 Å². The SMILES string of the molecule is COCCn1c(SCc2cccc(C(=O)OC)c2)nc2ccccc2c1=O. The fourth-order valence-electron chi connectivity index (χ4n) is 2.69. The van der Waals surface area contributed by atoms with Crippen molar-refractivity contribution in [1.82, 2.24) is 9.55 Å². The van der Waals surface area contributed by atoms with Crippen LogP contribution in [0, 0.1) is 0 Å². The van der Waals surface area contributed by atoms with E-state index in [0.717, 1.165) is 5.56 Å². The summed E-state index contributed by atoms with van der Waals surface area (Å²) in [6, 6.07) is 14.5. The Labute approximate surface area is 161 Å².